The van der Waals surface area contributed by atoms with Gasteiger partial charge < -0.3 is 15.4 Å². The van der Waals surface area contributed by atoms with E-state index in [2.05, 4.69) is 10.9 Å². The third-order valence-electron chi connectivity index (χ3n) is 3.17. The molecule has 20 heavy (non-hydrogen) atoms. The zero-order valence-corrected chi connectivity index (χ0v) is 12.2. The van der Waals surface area contributed by atoms with Gasteiger partial charge in [0.25, 0.3) is 0 Å². The zero-order chi connectivity index (χ0) is 14.5. The second-order valence-electron chi connectivity index (χ2n) is 4.74. The van der Waals surface area contributed by atoms with Crippen LogP contribution in [0.3, 0.4) is 0 Å². The van der Waals surface area contributed by atoms with Crippen molar-refractivity contribution in [3.05, 3.63) is 34.9 Å². The molecule has 0 spiro atoms. The maximum Gasteiger partial charge on any atom is 0.193 e. The van der Waals surface area contributed by atoms with Gasteiger partial charge in [-0.15, -0.1) is 6.42 Å². The Labute approximate surface area is 124 Å². The van der Waals surface area contributed by atoms with Gasteiger partial charge in [0.1, 0.15) is 6.04 Å². The number of morpholine rings is 1. The molecule has 106 valence electrons. The van der Waals surface area contributed by atoms with Crippen LogP contribution in [0.4, 0.5) is 0 Å². The molecule has 0 aliphatic carbocycles. The molecule has 0 aromatic heterocycles. The lowest BCUT2D eigenvalue weighted by Crippen LogP contribution is -2.48. The first-order valence-electron chi connectivity index (χ1n) is 6.51. The van der Waals surface area contributed by atoms with Crippen molar-refractivity contribution >= 4 is 17.6 Å². The second-order valence-corrected chi connectivity index (χ2v) is 5.17. The van der Waals surface area contributed by atoms with Crippen molar-refractivity contribution in [2.75, 3.05) is 19.7 Å². The van der Waals surface area contributed by atoms with Crippen molar-refractivity contribution in [2.45, 2.75) is 19.1 Å². The van der Waals surface area contributed by atoms with Gasteiger partial charge in [-0.3, -0.25) is 0 Å². The molecule has 1 heterocycles. The predicted molar refractivity (Wildman–Crippen MR) is 81.6 cm³/mol. The van der Waals surface area contributed by atoms with Crippen LogP contribution in [0.25, 0.3) is 0 Å². The number of halogens is 1. The first kappa shape index (κ1) is 14.7. The fourth-order valence-electron chi connectivity index (χ4n) is 2.09. The number of rotatable bonds is 2. The summed E-state index contributed by atoms with van der Waals surface area (Å²) in [7, 11) is 0. The molecule has 1 aliphatic heterocycles. The van der Waals surface area contributed by atoms with Crippen molar-refractivity contribution in [1.82, 2.24) is 4.90 Å². The van der Waals surface area contributed by atoms with E-state index in [1.165, 1.54) is 0 Å². The molecular formula is C15H18ClN3O. The molecule has 1 aromatic rings. The van der Waals surface area contributed by atoms with Crippen molar-refractivity contribution in [3.8, 4) is 12.3 Å². The number of guanidine groups is 1. The third kappa shape index (κ3) is 3.66. The van der Waals surface area contributed by atoms with Gasteiger partial charge in [-0.1, -0.05) is 29.7 Å². The minimum Gasteiger partial charge on any atom is -0.375 e. The number of nitrogens with zero attached hydrogens (tertiary/aromatic N) is 2. The Morgan fingerprint density at radius 2 is 2.25 bits per heavy atom. The summed E-state index contributed by atoms with van der Waals surface area (Å²) < 4.78 is 5.48. The smallest absolute Gasteiger partial charge is 0.193 e. The summed E-state index contributed by atoms with van der Waals surface area (Å²) in [5.41, 5.74) is 6.96. The highest BCUT2D eigenvalue weighted by molar-refractivity contribution is 6.30. The number of ether oxygens (including phenoxy) is 1. The Bertz CT molecular complexity index is 521. The summed E-state index contributed by atoms with van der Waals surface area (Å²) in [5, 5.41) is 0.670. The maximum atomic E-state index is 6.05. The Morgan fingerprint density at radius 1 is 1.55 bits per heavy atom. The van der Waals surface area contributed by atoms with E-state index in [1.54, 1.807) is 12.1 Å². The van der Waals surface area contributed by atoms with Gasteiger partial charge in [0.15, 0.2) is 5.96 Å². The van der Waals surface area contributed by atoms with E-state index in [0.717, 1.165) is 18.7 Å². The molecule has 1 aliphatic rings. The van der Waals surface area contributed by atoms with E-state index in [9.17, 15) is 0 Å². The van der Waals surface area contributed by atoms with E-state index in [4.69, 9.17) is 28.5 Å². The number of terminal acetylenes is 1. The van der Waals surface area contributed by atoms with Gasteiger partial charge in [0.05, 0.1) is 12.7 Å². The lowest BCUT2D eigenvalue weighted by atomic mass is 10.1. The lowest BCUT2D eigenvalue weighted by Gasteiger charge is -2.32. The van der Waals surface area contributed by atoms with E-state index < -0.39 is 6.04 Å². The van der Waals surface area contributed by atoms with Gasteiger partial charge in [-0.25, -0.2) is 4.99 Å². The average molecular weight is 292 g/mol. The minimum atomic E-state index is -0.398. The average Bonchev–Trinajstić information content (AvgIpc) is 2.45. The van der Waals surface area contributed by atoms with Crippen LogP contribution >= 0.6 is 11.6 Å². The molecule has 0 radical (unpaired) electrons. The van der Waals surface area contributed by atoms with Crippen LogP contribution in [0.5, 0.6) is 0 Å². The lowest BCUT2D eigenvalue weighted by molar-refractivity contribution is 0.00526. The molecule has 4 nitrogen and oxygen atoms in total. The van der Waals surface area contributed by atoms with Crippen LogP contribution in [-0.2, 0) is 4.74 Å². The van der Waals surface area contributed by atoms with Gasteiger partial charge in [-0.05, 0) is 24.6 Å². The minimum absolute atomic E-state index is 0.150. The van der Waals surface area contributed by atoms with Crippen molar-refractivity contribution < 1.29 is 4.74 Å². The first-order chi connectivity index (χ1) is 9.60. The number of hydrogen-bond acceptors (Lipinski definition) is 2. The highest BCUT2D eigenvalue weighted by Gasteiger charge is 2.19. The summed E-state index contributed by atoms with van der Waals surface area (Å²) >= 11 is 5.87. The molecule has 5 heteroatoms. The molecule has 2 rings (SSSR count). The van der Waals surface area contributed by atoms with E-state index in [0.29, 0.717) is 17.6 Å². The van der Waals surface area contributed by atoms with Gasteiger partial charge in [0, 0.05) is 18.1 Å². The Kier molecular flexibility index (Phi) is 4.89. The summed E-state index contributed by atoms with van der Waals surface area (Å²) in [6, 6.07) is 6.93. The quantitative estimate of drug-likeness (QED) is 0.515. The molecule has 2 unspecified atom stereocenters. The molecule has 1 saturated heterocycles. The van der Waals surface area contributed by atoms with Crippen LogP contribution in [0.1, 0.15) is 18.5 Å². The van der Waals surface area contributed by atoms with Crippen LogP contribution in [0.2, 0.25) is 5.02 Å². The van der Waals surface area contributed by atoms with Crippen LogP contribution < -0.4 is 5.73 Å². The fourth-order valence-corrected chi connectivity index (χ4v) is 2.22. The Hall–Kier alpha value is -1.70. The summed E-state index contributed by atoms with van der Waals surface area (Å²) in [5.74, 6) is 3.11. The second kappa shape index (κ2) is 6.65. The molecule has 1 fully saturated rings. The van der Waals surface area contributed by atoms with Crippen LogP contribution in [0.15, 0.2) is 29.3 Å². The Morgan fingerprint density at radius 3 is 2.85 bits per heavy atom. The van der Waals surface area contributed by atoms with Gasteiger partial charge >= 0.3 is 0 Å². The molecule has 0 amide bonds. The zero-order valence-electron chi connectivity index (χ0n) is 11.4. The van der Waals surface area contributed by atoms with Crippen LogP contribution in [-0.4, -0.2) is 36.7 Å². The molecule has 0 saturated carbocycles. The number of nitrogens with two attached hydrogens (primary N) is 1. The summed E-state index contributed by atoms with van der Waals surface area (Å²) in [6.07, 6.45) is 5.71. The standard InChI is InChI=1S/C15H18ClN3O/c1-3-14(12-4-6-13(16)7-5-12)18-15(17)19-8-9-20-11(2)10-19/h1,4-7,11,14H,8-10H2,2H3,(H2,17,18). The monoisotopic (exact) mass is 291 g/mol. The van der Waals surface area contributed by atoms with Crippen molar-refractivity contribution in [1.29, 1.82) is 0 Å². The van der Waals surface area contributed by atoms with Crippen molar-refractivity contribution in [3.63, 3.8) is 0 Å². The maximum absolute atomic E-state index is 6.05. The fraction of sp³-hybridized carbons (Fsp3) is 0.400. The van der Waals surface area contributed by atoms with Crippen LogP contribution in [0, 0.1) is 12.3 Å². The summed E-state index contributed by atoms with van der Waals surface area (Å²) in [6.45, 7) is 4.13. The molecule has 2 N–H and O–H groups in total. The van der Waals surface area contributed by atoms with Gasteiger partial charge in [0.2, 0.25) is 0 Å². The normalized spacial score (nSPS) is 21.4. The molecular weight excluding hydrogens is 274 g/mol. The SMILES string of the molecule is C#CC(N=C(N)N1CCOC(C)C1)c1ccc(Cl)cc1. The summed E-state index contributed by atoms with van der Waals surface area (Å²) in [4.78, 5) is 6.43. The highest BCUT2D eigenvalue weighted by Crippen LogP contribution is 2.19. The van der Waals surface area contributed by atoms with Crippen molar-refractivity contribution in [2.24, 2.45) is 10.7 Å². The molecule has 1 aromatic carbocycles. The third-order valence-corrected chi connectivity index (χ3v) is 3.42. The van der Waals surface area contributed by atoms with E-state index in [1.807, 2.05) is 24.0 Å². The van der Waals surface area contributed by atoms with Gasteiger partial charge in [-0.2, -0.15) is 0 Å². The molecule has 2 atom stereocenters. The largest absolute Gasteiger partial charge is 0.375 e. The van der Waals surface area contributed by atoms with E-state index in [-0.39, 0.29) is 6.10 Å². The Balaban J connectivity index is 2.13. The topological polar surface area (TPSA) is 50.8 Å². The highest BCUT2D eigenvalue weighted by atomic mass is 35.5. The van der Waals surface area contributed by atoms with E-state index >= 15 is 0 Å². The molecule has 0 bridgehead atoms. The number of benzene rings is 1. The first-order valence-corrected chi connectivity index (χ1v) is 6.89. The predicted octanol–water partition coefficient (Wildman–Crippen LogP) is 2.05. The number of hydrogen-bond donors (Lipinski definition) is 1. The number of aliphatic imine (C=N–C) groups is 1.